The number of halogens is 1. The molecule has 1 aromatic rings. The summed E-state index contributed by atoms with van der Waals surface area (Å²) in [5.41, 5.74) is 0.519. The molecule has 1 unspecified atom stereocenters. The first kappa shape index (κ1) is 13.0. The molecule has 1 aromatic carbocycles. The standard InChI is InChI=1S/C14H18FNO2/c15-13-6-2-1-5-12(13)9-16-14(17)8-11-4-3-7-18-10-11/h1-2,5-6,11H,3-4,7-10H2,(H,16,17). The van der Waals surface area contributed by atoms with Crippen molar-refractivity contribution in [3.63, 3.8) is 0 Å². The van der Waals surface area contributed by atoms with Gasteiger partial charge < -0.3 is 10.1 Å². The van der Waals surface area contributed by atoms with Gasteiger partial charge in [0.1, 0.15) is 5.82 Å². The maximum atomic E-state index is 13.3. The van der Waals surface area contributed by atoms with E-state index in [4.69, 9.17) is 4.74 Å². The molecule has 3 nitrogen and oxygen atoms in total. The summed E-state index contributed by atoms with van der Waals surface area (Å²) < 4.78 is 18.7. The Morgan fingerprint density at radius 2 is 2.28 bits per heavy atom. The molecule has 1 N–H and O–H groups in total. The maximum absolute atomic E-state index is 13.3. The predicted octanol–water partition coefficient (Wildman–Crippen LogP) is 2.26. The second-order valence-corrected chi connectivity index (χ2v) is 4.66. The van der Waals surface area contributed by atoms with Gasteiger partial charge in [-0.15, -0.1) is 0 Å². The van der Waals surface area contributed by atoms with E-state index < -0.39 is 0 Å². The van der Waals surface area contributed by atoms with Crippen molar-refractivity contribution in [1.82, 2.24) is 5.32 Å². The summed E-state index contributed by atoms with van der Waals surface area (Å²) in [5.74, 6) is -0.00748. The maximum Gasteiger partial charge on any atom is 0.220 e. The molecule has 0 saturated carbocycles. The van der Waals surface area contributed by atoms with E-state index in [1.165, 1.54) is 6.07 Å². The SMILES string of the molecule is O=C(CC1CCCOC1)NCc1ccccc1F. The normalized spacial score (nSPS) is 19.5. The van der Waals surface area contributed by atoms with E-state index in [1.54, 1.807) is 18.2 Å². The van der Waals surface area contributed by atoms with Crippen LogP contribution in [0.1, 0.15) is 24.8 Å². The van der Waals surface area contributed by atoms with Crippen molar-refractivity contribution in [2.24, 2.45) is 5.92 Å². The van der Waals surface area contributed by atoms with Crippen LogP contribution in [0.3, 0.4) is 0 Å². The predicted molar refractivity (Wildman–Crippen MR) is 66.4 cm³/mol. The molecule has 0 aromatic heterocycles. The number of hydrogen-bond acceptors (Lipinski definition) is 2. The Kier molecular flexibility index (Phi) is 4.70. The Hall–Kier alpha value is -1.42. The van der Waals surface area contributed by atoms with Gasteiger partial charge >= 0.3 is 0 Å². The Balaban J connectivity index is 1.76. The van der Waals surface area contributed by atoms with Crippen LogP contribution in [-0.2, 0) is 16.1 Å². The molecule has 1 saturated heterocycles. The quantitative estimate of drug-likeness (QED) is 0.891. The lowest BCUT2D eigenvalue weighted by Gasteiger charge is -2.21. The molecule has 0 spiro atoms. The van der Waals surface area contributed by atoms with Gasteiger partial charge in [-0.2, -0.15) is 0 Å². The van der Waals surface area contributed by atoms with E-state index in [-0.39, 0.29) is 18.3 Å². The van der Waals surface area contributed by atoms with Crippen LogP contribution < -0.4 is 5.32 Å². The average Bonchev–Trinajstić information content (AvgIpc) is 2.39. The fourth-order valence-electron chi connectivity index (χ4n) is 2.14. The third-order valence-corrected chi connectivity index (χ3v) is 3.16. The van der Waals surface area contributed by atoms with Gasteiger partial charge in [-0.05, 0) is 24.8 Å². The van der Waals surface area contributed by atoms with Crippen LogP contribution in [0.15, 0.2) is 24.3 Å². The molecule has 0 aliphatic carbocycles. The van der Waals surface area contributed by atoms with E-state index in [0.29, 0.717) is 24.5 Å². The van der Waals surface area contributed by atoms with Crippen LogP contribution in [0, 0.1) is 11.7 Å². The zero-order valence-corrected chi connectivity index (χ0v) is 10.3. The van der Waals surface area contributed by atoms with Crippen LogP contribution in [0.5, 0.6) is 0 Å². The molecule has 1 fully saturated rings. The van der Waals surface area contributed by atoms with E-state index in [9.17, 15) is 9.18 Å². The lowest BCUT2D eigenvalue weighted by Crippen LogP contribution is -2.28. The van der Waals surface area contributed by atoms with Crippen LogP contribution in [0.2, 0.25) is 0 Å². The number of carbonyl (C=O) groups excluding carboxylic acids is 1. The van der Waals surface area contributed by atoms with Gasteiger partial charge in [0, 0.05) is 31.7 Å². The highest BCUT2D eigenvalue weighted by atomic mass is 19.1. The minimum atomic E-state index is -0.279. The highest BCUT2D eigenvalue weighted by Gasteiger charge is 2.17. The van der Waals surface area contributed by atoms with Gasteiger partial charge in [0.05, 0.1) is 0 Å². The number of carbonyl (C=O) groups is 1. The molecule has 0 radical (unpaired) electrons. The topological polar surface area (TPSA) is 38.3 Å². The summed E-state index contributed by atoms with van der Waals surface area (Å²) in [6.07, 6.45) is 2.52. The molecule has 1 aliphatic rings. The molecular weight excluding hydrogens is 233 g/mol. The molecule has 18 heavy (non-hydrogen) atoms. The highest BCUT2D eigenvalue weighted by molar-refractivity contribution is 5.76. The third kappa shape index (κ3) is 3.81. The van der Waals surface area contributed by atoms with Crippen molar-refractivity contribution >= 4 is 5.91 Å². The first-order valence-electron chi connectivity index (χ1n) is 6.33. The largest absolute Gasteiger partial charge is 0.381 e. The lowest BCUT2D eigenvalue weighted by molar-refractivity contribution is -0.123. The van der Waals surface area contributed by atoms with Crippen LogP contribution in [-0.4, -0.2) is 19.1 Å². The van der Waals surface area contributed by atoms with Gasteiger partial charge in [-0.25, -0.2) is 4.39 Å². The summed E-state index contributed by atoms with van der Waals surface area (Å²) >= 11 is 0. The number of benzene rings is 1. The second kappa shape index (κ2) is 6.50. The monoisotopic (exact) mass is 251 g/mol. The molecule has 1 aliphatic heterocycles. The van der Waals surface area contributed by atoms with Crippen molar-refractivity contribution in [3.8, 4) is 0 Å². The Labute approximate surface area is 106 Å². The second-order valence-electron chi connectivity index (χ2n) is 4.66. The summed E-state index contributed by atoms with van der Waals surface area (Å²) in [7, 11) is 0. The van der Waals surface area contributed by atoms with E-state index in [2.05, 4.69) is 5.32 Å². The Bertz CT molecular complexity index is 403. The average molecular weight is 251 g/mol. The van der Waals surface area contributed by atoms with Gasteiger partial charge in [-0.1, -0.05) is 18.2 Å². The Morgan fingerprint density at radius 1 is 1.44 bits per heavy atom. The molecule has 1 heterocycles. The zero-order valence-electron chi connectivity index (χ0n) is 10.3. The van der Waals surface area contributed by atoms with E-state index >= 15 is 0 Å². The van der Waals surface area contributed by atoms with Gasteiger partial charge in [-0.3, -0.25) is 4.79 Å². The minimum Gasteiger partial charge on any atom is -0.381 e. The molecule has 1 amide bonds. The first-order valence-corrected chi connectivity index (χ1v) is 6.33. The summed E-state index contributed by atoms with van der Waals surface area (Å²) in [5, 5.41) is 2.75. The van der Waals surface area contributed by atoms with Crippen LogP contribution in [0.25, 0.3) is 0 Å². The number of nitrogens with one attached hydrogen (secondary N) is 1. The summed E-state index contributed by atoms with van der Waals surface area (Å²) in [6, 6.07) is 6.48. The number of hydrogen-bond donors (Lipinski definition) is 1. The van der Waals surface area contributed by atoms with E-state index in [0.717, 1.165) is 19.4 Å². The Morgan fingerprint density at radius 3 is 3.00 bits per heavy atom. The van der Waals surface area contributed by atoms with Gasteiger partial charge in [0.2, 0.25) is 5.91 Å². The van der Waals surface area contributed by atoms with E-state index in [1.807, 2.05) is 0 Å². The summed E-state index contributed by atoms with van der Waals surface area (Å²) in [4.78, 5) is 11.7. The molecule has 1 atom stereocenters. The third-order valence-electron chi connectivity index (χ3n) is 3.16. The first-order chi connectivity index (χ1) is 8.75. The fraction of sp³-hybridized carbons (Fsp3) is 0.500. The minimum absolute atomic E-state index is 0.0336. The molecule has 2 rings (SSSR count). The van der Waals surface area contributed by atoms with Crippen LogP contribution >= 0.6 is 0 Å². The summed E-state index contributed by atoms with van der Waals surface area (Å²) in [6.45, 7) is 1.71. The van der Waals surface area contributed by atoms with Crippen molar-refractivity contribution < 1.29 is 13.9 Å². The molecule has 4 heteroatoms. The smallest absolute Gasteiger partial charge is 0.220 e. The fourth-order valence-corrected chi connectivity index (χ4v) is 2.14. The number of ether oxygens (including phenoxy) is 1. The lowest BCUT2D eigenvalue weighted by atomic mass is 9.98. The molecular formula is C14H18FNO2. The van der Waals surface area contributed by atoms with Gasteiger partial charge in [0.25, 0.3) is 0 Å². The number of amides is 1. The highest BCUT2D eigenvalue weighted by Crippen LogP contribution is 2.17. The van der Waals surface area contributed by atoms with Crippen molar-refractivity contribution in [3.05, 3.63) is 35.6 Å². The van der Waals surface area contributed by atoms with Crippen molar-refractivity contribution in [2.75, 3.05) is 13.2 Å². The van der Waals surface area contributed by atoms with Crippen molar-refractivity contribution in [1.29, 1.82) is 0 Å². The van der Waals surface area contributed by atoms with Gasteiger partial charge in [0.15, 0.2) is 0 Å². The number of rotatable bonds is 4. The molecule has 98 valence electrons. The van der Waals surface area contributed by atoms with Crippen molar-refractivity contribution in [2.45, 2.75) is 25.8 Å². The zero-order chi connectivity index (χ0) is 12.8. The van der Waals surface area contributed by atoms with Crippen LogP contribution in [0.4, 0.5) is 4.39 Å². The molecule has 0 bridgehead atoms.